The molecular weight excluding hydrogens is 426 g/mol. The van der Waals surface area contributed by atoms with Crippen LogP contribution in [0.1, 0.15) is 38.2 Å². The van der Waals surface area contributed by atoms with Gasteiger partial charge in [0.25, 0.3) is 0 Å². The largest absolute Gasteiger partial charge is 0.352 e. The van der Waals surface area contributed by atoms with Gasteiger partial charge in [0, 0.05) is 12.6 Å². The summed E-state index contributed by atoms with van der Waals surface area (Å²) in [6, 6.07) is 17.3. The molecule has 1 aliphatic rings. The van der Waals surface area contributed by atoms with Crippen LogP contribution in [0.2, 0.25) is 0 Å². The van der Waals surface area contributed by atoms with Crippen LogP contribution in [0.25, 0.3) is 0 Å². The third kappa shape index (κ3) is 6.32. The third-order valence-corrected chi connectivity index (χ3v) is 6.93. The Hall–Kier alpha value is -2.87. The normalized spacial score (nSPS) is 15.2. The van der Waals surface area contributed by atoms with Crippen LogP contribution in [-0.2, 0) is 26.2 Å². The highest BCUT2D eigenvalue weighted by atomic mass is 32.2. The smallest absolute Gasteiger partial charge is 0.244 e. The molecule has 0 aromatic heterocycles. The zero-order valence-corrected chi connectivity index (χ0v) is 19.4. The topological polar surface area (TPSA) is 86.8 Å². The molecule has 1 saturated carbocycles. The van der Waals surface area contributed by atoms with Crippen LogP contribution in [0.3, 0.4) is 0 Å². The Balaban J connectivity index is 1.83. The lowest BCUT2D eigenvalue weighted by Crippen LogP contribution is -2.52. The van der Waals surface area contributed by atoms with E-state index in [1.54, 1.807) is 37.3 Å². The van der Waals surface area contributed by atoms with Gasteiger partial charge in [-0.25, -0.2) is 8.42 Å². The Bertz CT molecular complexity index is 1010. The van der Waals surface area contributed by atoms with Gasteiger partial charge in [-0.05, 0) is 37.5 Å². The van der Waals surface area contributed by atoms with Gasteiger partial charge in [0.2, 0.25) is 21.8 Å². The maximum atomic E-state index is 13.4. The monoisotopic (exact) mass is 457 g/mol. The lowest BCUT2D eigenvalue weighted by molar-refractivity contribution is -0.139. The summed E-state index contributed by atoms with van der Waals surface area (Å²) in [5.41, 5.74) is 1.28. The number of carbonyl (C=O) groups excluding carboxylic acids is 2. The number of hydrogen-bond donors (Lipinski definition) is 1. The molecule has 8 heteroatoms. The van der Waals surface area contributed by atoms with Crippen LogP contribution < -0.4 is 9.62 Å². The fourth-order valence-electron chi connectivity index (χ4n) is 3.96. The van der Waals surface area contributed by atoms with Gasteiger partial charge in [0.1, 0.15) is 12.6 Å². The average molecular weight is 458 g/mol. The van der Waals surface area contributed by atoms with Crippen molar-refractivity contribution in [2.24, 2.45) is 0 Å². The quantitative estimate of drug-likeness (QED) is 0.627. The van der Waals surface area contributed by atoms with E-state index in [4.69, 9.17) is 0 Å². The molecule has 0 saturated heterocycles. The highest BCUT2D eigenvalue weighted by molar-refractivity contribution is 7.92. The Kier molecular flexibility index (Phi) is 7.90. The Morgan fingerprint density at radius 2 is 1.56 bits per heavy atom. The number of carbonyl (C=O) groups is 2. The van der Waals surface area contributed by atoms with E-state index < -0.39 is 22.0 Å². The van der Waals surface area contributed by atoms with E-state index in [9.17, 15) is 18.0 Å². The fourth-order valence-corrected chi connectivity index (χ4v) is 4.81. The summed E-state index contributed by atoms with van der Waals surface area (Å²) in [6.45, 7) is 1.53. The SMILES string of the molecule is C[C@H](C(=O)NC1CCCC1)N(Cc1ccccc1)C(=O)CN(c1ccccc1)S(C)(=O)=O. The summed E-state index contributed by atoms with van der Waals surface area (Å²) in [7, 11) is -3.70. The highest BCUT2D eigenvalue weighted by Gasteiger charge is 2.31. The average Bonchev–Trinajstić information content (AvgIpc) is 3.28. The zero-order valence-electron chi connectivity index (χ0n) is 18.6. The summed E-state index contributed by atoms with van der Waals surface area (Å²) >= 11 is 0. The minimum Gasteiger partial charge on any atom is -0.352 e. The molecule has 1 aliphatic carbocycles. The van der Waals surface area contributed by atoms with Crippen molar-refractivity contribution in [2.45, 2.75) is 51.2 Å². The number of anilines is 1. The lowest BCUT2D eigenvalue weighted by atomic mass is 10.1. The Labute approximate surface area is 190 Å². The molecule has 0 heterocycles. The van der Waals surface area contributed by atoms with Crippen LogP contribution in [0.15, 0.2) is 60.7 Å². The Morgan fingerprint density at radius 1 is 1.00 bits per heavy atom. The first-order valence-corrected chi connectivity index (χ1v) is 12.8. The molecule has 0 spiro atoms. The summed E-state index contributed by atoms with van der Waals surface area (Å²) in [5.74, 6) is -0.649. The van der Waals surface area contributed by atoms with E-state index in [1.165, 1.54) is 4.90 Å². The molecule has 1 N–H and O–H groups in total. The van der Waals surface area contributed by atoms with Crippen LogP contribution >= 0.6 is 0 Å². The molecule has 1 fully saturated rings. The first kappa shape index (κ1) is 23.8. The first-order chi connectivity index (χ1) is 15.3. The van der Waals surface area contributed by atoms with Gasteiger partial charge in [0.15, 0.2) is 0 Å². The molecule has 2 amide bonds. The minimum atomic E-state index is -3.70. The fraction of sp³-hybridized carbons (Fsp3) is 0.417. The van der Waals surface area contributed by atoms with Crippen LogP contribution in [0.4, 0.5) is 5.69 Å². The molecule has 0 radical (unpaired) electrons. The second-order valence-corrected chi connectivity index (χ2v) is 10.2. The molecule has 32 heavy (non-hydrogen) atoms. The number of hydrogen-bond acceptors (Lipinski definition) is 4. The predicted octanol–water partition coefficient (Wildman–Crippen LogP) is 2.93. The van der Waals surface area contributed by atoms with Crippen molar-refractivity contribution in [3.63, 3.8) is 0 Å². The molecule has 2 aromatic rings. The third-order valence-electron chi connectivity index (χ3n) is 5.79. The van der Waals surface area contributed by atoms with E-state index in [-0.39, 0.29) is 25.0 Å². The highest BCUT2D eigenvalue weighted by Crippen LogP contribution is 2.20. The first-order valence-electron chi connectivity index (χ1n) is 10.9. The maximum absolute atomic E-state index is 13.4. The van der Waals surface area contributed by atoms with E-state index in [1.807, 2.05) is 30.3 Å². The minimum absolute atomic E-state index is 0.135. The lowest BCUT2D eigenvalue weighted by Gasteiger charge is -2.32. The molecule has 3 rings (SSSR count). The standard InChI is InChI=1S/C24H31N3O4S/c1-19(24(29)25-21-13-9-10-14-21)26(17-20-11-5-3-6-12-20)23(28)18-27(32(2,30)31)22-15-7-4-8-16-22/h3-8,11-12,15-16,19,21H,9-10,13-14,17-18H2,1-2H3,(H,25,29)/t19-/m1/s1. The van der Waals surface area contributed by atoms with Gasteiger partial charge in [-0.2, -0.15) is 0 Å². The van der Waals surface area contributed by atoms with Crippen molar-refractivity contribution in [3.05, 3.63) is 66.2 Å². The van der Waals surface area contributed by atoms with E-state index in [0.717, 1.165) is 41.8 Å². The van der Waals surface area contributed by atoms with Gasteiger partial charge >= 0.3 is 0 Å². The summed E-state index contributed by atoms with van der Waals surface area (Å²) in [6.07, 6.45) is 5.14. The second kappa shape index (κ2) is 10.6. The van der Waals surface area contributed by atoms with Gasteiger partial charge < -0.3 is 10.2 Å². The van der Waals surface area contributed by atoms with Crippen molar-refractivity contribution in [3.8, 4) is 0 Å². The number of sulfonamides is 1. The van der Waals surface area contributed by atoms with Crippen molar-refractivity contribution in [2.75, 3.05) is 17.1 Å². The van der Waals surface area contributed by atoms with Gasteiger partial charge in [-0.3, -0.25) is 13.9 Å². The molecule has 2 aromatic carbocycles. The number of amides is 2. The van der Waals surface area contributed by atoms with E-state index in [0.29, 0.717) is 5.69 Å². The summed E-state index contributed by atoms with van der Waals surface area (Å²) in [5, 5.41) is 3.05. The Morgan fingerprint density at radius 3 is 2.12 bits per heavy atom. The van der Waals surface area contributed by atoms with Crippen LogP contribution in [-0.4, -0.2) is 50.0 Å². The summed E-state index contributed by atoms with van der Waals surface area (Å²) < 4.78 is 26.0. The van der Waals surface area contributed by atoms with Crippen LogP contribution in [0.5, 0.6) is 0 Å². The van der Waals surface area contributed by atoms with Crippen LogP contribution in [0, 0.1) is 0 Å². The van der Waals surface area contributed by atoms with E-state index in [2.05, 4.69) is 5.32 Å². The van der Waals surface area contributed by atoms with Gasteiger partial charge in [-0.1, -0.05) is 61.4 Å². The number of para-hydroxylation sites is 1. The number of nitrogens with one attached hydrogen (secondary N) is 1. The van der Waals surface area contributed by atoms with Gasteiger partial charge in [0.05, 0.1) is 11.9 Å². The molecule has 7 nitrogen and oxygen atoms in total. The second-order valence-electron chi connectivity index (χ2n) is 8.28. The van der Waals surface area contributed by atoms with Crippen molar-refractivity contribution < 1.29 is 18.0 Å². The zero-order chi connectivity index (χ0) is 23.1. The van der Waals surface area contributed by atoms with E-state index >= 15 is 0 Å². The molecule has 0 bridgehead atoms. The van der Waals surface area contributed by atoms with Crippen molar-refractivity contribution >= 4 is 27.5 Å². The predicted molar refractivity (Wildman–Crippen MR) is 125 cm³/mol. The summed E-state index contributed by atoms with van der Waals surface area (Å²) in [4.78, 5) is 27.8. The molecule has 0 aliphatic heterocycles. The molecule has 1 atom stereocenters. The molecule has 0 unspecified atom stereocenters. The number of benzene rings is 2. The van der Waals surface area contributed by atoms with Crippen molar-refractivity contribution in [1.82, 2.24) is 10.2 Å². The molecular formula is C24H31N3O4S. The molecule has 172 valence electrons. The number of nitrogens with zero attached hydrogens (tertiary/aromatic N) is 2. The van der Waals surface area contributed by atoms with Crippen molar-refractivity contribution in [1.29, 1.82) is 0 Å². The van der Waals surface area contributed by atoms with Gasteiger partial charge in [-0.15, -0.1) is 0 Å². The maximum Gasteiger partial charge on any atom is 0.244 e. The number of rotatable bonds is 9.